The third-order valence-corrected chi connectivity index (χ3v) is 4.30. The van der Waals surface area contributed by atoms with Crippen LogP contribution >= 0.6 is 0 Å². The van der Waals surface area contributed by atoms with Gasteiger partial charge in [0, 0.05) is 25.8 Å². The summed E-state index contributed by atoms with van der Waals surface area (Å²) in [5, 5.41) is 6.35. The van der Waals surface area contributed by atoms with Gasteiger partial charge in [-0.05, 0) is 37.4 Å². The smallest absolute Gasteiger partial charge is 0.229 e. The van der Waals surface area contributed by atoms with Gasteiger partial charge >= 0.3 is 0 Å². The fourth-order valence-electron chi connectivity index (χ4n) is 3.06. The van der Waals surface area contributed by atoms with Crippen molar-refractivity contribution in [1.29, 1.82) is 0 Å². The predicted molar refractivity (Wildman–Crippen MR) is 79.8 cm³/mol. The number of hydrogen-bond donors (Lipinski definition) is 2. The van der Waals surface area contributed by atoms with Crippen molar-refractivity contribution in [2.45, 2.75) is 19.8 Å². The molecular formula is C15H22N4O. The summed E-state index contributed by atoms with van der Waals surface area (Å²) < 4.78 is 0. The third kappa shape index (κ3) is 2.63. The highest BCUT2D eigenvalue weighted by Crippen LogP contribution is 2.27. The second kappa shape index (κ2) is 5.79. The van der Waals surface area contributed by atoms with E-state index in [2.05, 4.69) is 27.4 Å². The first-order valence-electron chi connectivity index (χ1n) is 7.47. The van der Waals surface area contributed by atoms with E-state index in [0.717, 1.165) is 37.7 Å². The summed E-state index contributed by atoms with van der Waals surface area (Å²) >= 11 is 0. The van der Waals surface area contributed by atoms with Crippen molar-refractivity contribution < 1.29 is 4.79 Å². The van der Waals surface area contributed by atoms with Crippen LogP contribution in [0.2, 0.25) is 0 Å². The zero-order valence-electron chi connectivity index (χ0n) is 11.9. The van der Waals surface area contributed by atoms with Gasteiger partial charge in [0.25, 0.3) is 0 Å². The maximum absolute atomic E-state index is 12.4. The van der Waals surface area contributed by atoms with E-state index in [9.17, 15) is 4.79 Å². The van der Waals surface area contributed by atoms with Gasteiger partial charge in [-0.1, -0.05) is 6.92 Å². The van der Waals surface area contributed by atoms with E-state index in [1.54, 1.807) is 6.20 Å². The molecule has 3 heterocycles. The Kier molecular flexibility index (Phi) is 3.87. The second-order valence-electron chi connectivity index (χ2n) is 5.80. The SMILES string of the molecule is C[C@@H]1CNC[C@H]1C(=O)Nc1cccnc1N1CCCC1. The number of amides is 1. The van der Waals surface area contributed by atoms with E-state index in [0.29, 0.717) is 5.92 Å². The number of nitrogens with one attached hydrogen (secondary N) is 2. The monoisotopic (exact) mass is 274 g/mol. The van der Waals surface area contributed by atoms with Gasteiger partial charge in [0.1, 0.15) is 0 Å². The third-order valence-electron chi connectivity index (χ3n) is 4.30. The minimum absolute atomic E-state index is 0.0571. The molecule has 1 amide bonds. The van der Waals surface area contributed by atoms with Crippen molar-refractivity contribution in [3.05, 3.63) is 18.3 Å². The minimum atomic E-state index is 0.0571. The summed E-state index contributed by atoms with van der Waals surface area (Å²) in [4.78, 5) is 19.1. The van der Waals surface area contributed by atoms with Crippen LogP contribution in [0.25, 0.3) is 0 Å². The fourth-order valence-corrected chi connectivity index (χ4v) is 3.06. The first-order valence-corrected chi connectivity index (χ1v) is 7.47. The maximum atomic E-state index is 12.4. The zero-order chi connectivity index (χ0) is 13.9. The van der Waals surface area contributed by atoms with E-state index in [1.807, 2.05) is 12.1 Å². The van der Waals surface area contributed by atoms with Crippen LogP contribution in [0.1, 0.15) is 19.8 Å². The molecule has 0 aromatic carbocycles. The molecule has 20 heavy (non-hydrogen) atoms. The molecule has 3 rings (SSSR count). The van der Waals surface area contributed by atoms with Crippen LogP contribution in [0.5, 0.6) is 0 Å². The van der Waals surface area contributed by atoms with Crippen LogP contribution in [-0.2, 0) is 4.79 Å². The molecular weight excluding hydrogens is 252 g/mol. The Morgan fingerprint density at radius 1 is 1.40 bits per heavy atom. The molecule has 1 aromatic rings. The van der Waals surface area contributed by atoms with Gasteiger partial charge in [-0.15, -0.1) is 0 Å². The molecule has 0 radical (unpaired) electrons. The molecule has 0 unspecified atom stereocenters. The van der Waals surface area contributed by atoms with Crippen molar-refractivity contribution >= 4 is 17.4 Å². The van der Waals surface area contributed by atoms with E-state index in [1.165, 1.54) is 12.8 Å². The van der Waals surface area contributed by atoms with Gasteiger partial charge in [-0.25, -0.2) is 4.98 Å². The lowest BCUT2D eigenvalue weighted by Gasteiger charge is -2.21. The summed E-state index contributed by atoms with van der Waals surface area (Å²) in [7, 11) is 0. The summed E-state index contributed by atoms with van der Waals surface area (Å²) in [5.41, 5.74) is 0.846. The molecule has 0 saturated carbocycles. The minimum Gasteiger partial charge on any atom is -0.355 e. The number of carbonyl (C=O) groups excluding carboxylic acids is 1. The number of nitrogens with zero attached hydrogens (tertiary/aromatic N) is 2. The van der Waals surface area contributed by atoms with Gasteiger partial charge in [0.15, 0.2) is 5.82 Å². The zero-order valence-corrected chi connectivity index (χ0v) is 11.9. The Morgan fingerprint density at radius 3 is 2.90 bits per heavy atom. The normalized spacial score (nSPS) is 25.9. The number of rotatable bonds is 3. The summed E-state index contributed by atoms with van der Waals surface area (Å²) in [6.45, 7) is 5.87. The van der Waals surface area contributed by atoms with E-state index >= 15 is 0 Å². The van der Waals surface area contributed by atoms with Crippen LogP contribution in [-0.4, -0.2) is 37.1 Å². The molecule has 108 valence electrons. The van der Waals surface area contributed by atoms with Gasteiger partial charge in [0.05, 0.1) is 11.6 Å². The van der Waals surface area contributed by atoms with Crippen LogP contribution in [0, 0.1) is 11.8 Å². The molecule has 0 bridgehead atoms. The van der Waals surface area contributed by atoms with Crippen LogP contribution in [0.15, 0.2) is 18.3 Å². The largest absolute Gasteiger partial charge is 0.355 e. The van der Waals surface area contributed by atoms with E-state index in [-0.39, 0.29) is 11.8 Å². The molecule has 2 aliphatic heterocycles. The quantitative estimate of drug-likeness (QED) is 0.876. The van der Waals surface area contributed by atoms with Crippen molar-refractivity contribution in [2.75, 3.05) is 36.4 Å². The maximum Gasteiger partial charge on any atom is 0.229 e. The van der Waals surface area contributed by atoms with Crippen LogP contribution in [0.3, 0.4) is 0 Å². The van der Waals surface area contributed by atoms with Crippen LogP contribution < -0.4 is 15.5 Å². The number of anilines is 2. The van der Waals surface area contributed by atoms with Crippen molar-refractivity contribution in [1.82, 2.24) is 10.3 Å². The molecule has 0 aliphatic carbocycles. The van der Waals surface area contributed by atoms with Gasteiger partial charge in [0.2, 0.25) is 5.91 Å². The number of aromatic nitrogens is 1. The fraction of sp³-hybridized carbons (Fsp3) is 0.600. The Hall–Kier alpha value is -1.62. The lowest BCUT2D eigenvalue weighted by Crippen LogP contribution is -2.29. The summed E-state index contributed by atoms with van der Waals surface area (Å²) in [5.74, 6) is 1.47. The van der Waals surface area contributed by atoms with E-state index in [4.69, 9.17) is 0 Å². The van der Waals surface area contributed by atoms with Crippen LogP contribution in [0.4, 0.5) is 11.5 Å². The summed E-state index contributed by atoms with van der Waals surface area (Å²) in [6.07, 6.45) is 4.20. The standard InChI is InChI=1S/C15H22N4O/c1-11-9-16-10-12(11)15(20)18-13-5-4-6-17-14(13)19-7-2-3-8-19/h4-6,11-12,16H,2-3,7-10H2,1H3,(H,18,20)/t11-,12-/m1/s1. The van der Waals surface area contributed by atoms with Gasteiger partial charge in [-0.2, -0.15) is 0 Å². The van der Waals surface area contributed by atoms with E-state index < -0.39 is 0 Å². The molecule has 5 nitrogen and oxygen atoms in total. The molecule has 2 aliphatic rings. The molecule has 2 saturated heterocycles. The average Bonchev–Trinajstić information content (AvgIpc) is 3.10. The lowest BCUT2D eigenvalue weighted by molar-refractivity contribution is -0.120. The highest BCUT2D eigenvalue weighted by Gasteiger charge is 2.30. The molecule has 2 atom stereocenters. The Bertz CT molecular complexity index is 485. The molecule has 5 heteroatoms. The summed E-state index contributed by atoms with van der Waals surface area (Å²) in [6, 6.07) is 3.83. The highest BCUT2D eigenvalue weighted by atomic mass is 16.2. The number of pyridine rings is 1. The molecule has 0 spiro atoms. The van der Waals surface area contributed by atoms with Gasteiger partial charge in [-0.3, -0.25) is 4.79 Å². The molecule has 2 N–H and O–H groups in total. The second-order valence-corrected chi connectivity index (χ2v) is 5.80. The molecule has 1 aromatic heterocycles. The van der Waals surface area contributed by atoms with Crippen molar-refractivity contribution in [3.63, 3.8) is 0 Å². The Morgan fingerprint density at radius 2 is 2.20 bits per heavy atom. The van der Waals surface area contributed by atoms with Crippen molar-refractivity contribution in [3.8, 4) is 0 Å². The number of hydrogen-bond acceptors (Lipinski definition) is 4. The highest BCUT2D eigenvalue weighted by molar-refractivity contribution is 5.95. The first kappa shape index (κ1) is 13.4. The first-order chi connectivity index (χ1) is 9.75. The topological polar surface area (TPSA) is 57.3 Å². The predicted octanol–water partition coefficient (Wildman–Crippen LogP) is 1.48. The Balaban J connectivity index is 1.75. The average molecular weight is 274 g/mol. The number of carbonyl (C=O) groups is 1. The lowest BCUT2D eigenvalue weighted by atomic mass is 9.97. The molecule has 2 fully saturated rings. The van der Waals surface area contributed by atoms with Crippen molar-refractivity contribution in [2.24, 2.45) is 11.8 Å². The van der Waals surface area contributed by atoms with Gasteiger partial charge < -0.3 is 15.5 Å². The Labute approximate surface area is 119 Å².